The molecule has 1 aliphatic rings. The lowest BCUT2D eigenvalue weighted by atomic mass is 10.0. The highest BCUT2D eigenvalue weighted by Gasteiger charge is 2.28. The van der Waals surface area contributed by atoms with Crippen LogP contribution in [-0.2, 0) is 14.6 Å². The zero-order valence-corrected chi connectivity index (χ0v) is 17.6. The molecule has 1 fully saturated rings. The highest BCUT2D eigenvalue weighted by molar-refractivity contribution is 7.90. The number of piperazine rings is 1. The quantitative estimate of drug-likeness (QED) is 0.774. The van der Waals surface area contributed by atoms with Gasteiger partial charge in [0.1, 0.15) is 0 Å². The number of hydrogen-bond acceptors (Lipinski definition) is 5. The Labute approximate surface area is 167 Å². The number of carbonyl (C=O) groups excluding carboxylic acids is 2. The molecule has 2 N–H and O–H groups in total. The normalized spacial score (nSPS) is 16.0. The Balaban J connectivity index is 0.00000364. The van der Waals surface area contributed by atoms with E-state index in [-0.39, 0.29) is 29.1 Å². The van der Waals surface area contributed by atoms with Gasteiger partial charge in [-0.15, -0.1) is 12.4 Å². The zero-order chi connectivity index (χ0) is 19.5. The average Bonchev–Trinajstić information content (AvgIpc) is 2.59. The molecule has 0 aromatic heterocycles. The largest absolute Gasteiger partial charge is 0.338 e. The SMILES string of the molecule is CC(C)C[C@H](N)C(=O)N1CCN(C(=O)c2cccc(S(C)(=O)=O)c2)CC1.Cl. The summed E-state index contributed by atoms with van der Waals surface area (Å²) in [5.41, 5.74) is 6.30. The van der Waals surface area contributed by atoms with Crippen molar-refractivity contribution in [3.63, 3.8) is 0 Å². The summed E-state index contributed by atoms with van der Waals surface area (Å²) >= 11 is 0. The topological polar surface area (TPSA) is 101 Å². The predicted molar refractivity (Wildman–Crippen MR) is 107 cm³/mol. The highest BCUT2D eigenvalue weighted by Crippen LogP contribution is 2.15. The Morgan fingerprint density at radius 1 is 1.11 bits per heavy atom. The van der Waals surface area contributed by atoms with Crippen molar-refractivity contribution in [1.29, 1.82) is 0 Å². The van der Waals surface area contributed by atoms with E-state index in [0.717, 1.165) is 6.26 Å². The molecule has 2 amide bonds. The Kier molecular flexibility index (Phi) is 8.25. The van der Waals surface area contributed by atoms with Gasteiger partial charge in [0, 0.05) is 38.0 Å². The molecule has 0 aliphatic carbocycles. The molecule has 1 atom stereocenters. The fourth-order valence-corrected chi connectivity index (χ4v) is 3.68. The minimum absolute atomic E-state index is 0. The number of hydrogen-bond donors (Lipinski definition) is 1. The number of sulfone groups is 1. The van der Waals surface area contributed by atoms with Crippen molar-refractivity contribution in [1.82, 2.24) is 9.80 Å². The van der Waals surface area contributed by atoms with E-state index in [1.165, 1.54) is 12.1 Å². The lowest BCUT2D eigenvalue weighted by molar-refractivity contribution is -0.134. The van der Waals surface area contributed by atoms with Crippen molar-refractivity contribution < 1.29 is 18.0 Å². The van der Waals surface area contributed by atoms with Gasteiger partial charge in [-0.3, -0.25) is 9.59 Å². The molecule has 1 aromatic rings. The van der Waals surface area contributed by atoms with Gasteiger partial charge in [0.2, 0.25) is 5.91 Å². The summed E-state index contributed by atoms with van der Waals surface area (Å²) in [6, 6.07) is 5.53. The van der Waals surface area contributed by atoms with Crippen molar-refractivity contribution in [2.45, 2.75) is 31.2 Å². The van der Waals surface area contributed by atoms with E-state index in [4.69, 9.17) is 5.73 Å². The molecule has 0 spiro atoms. The van der Waals surface area contributed by atoms with Gasteiger partial charge in [0.15, 0.2) is 9.84 Å². The van der Waals surface area contributed by atoms with E-state index in [2.05, 4.69) is 0 Å². The van der Waals surface area contributed by atoms with Crippen LogP contribution in [0.3, 0.4) is 0 Å². The first-order valence-corrected chi connectivity index (χ1v) is 10.6. The van der Waals surface area contributed by atoms with Crippen molar-refractivity contribution in [3.8, 4) is 0 Å². The predicted octanol–water partition coefficient (Wildman–Crippen LogP) is 1.17. The molecule has 7 nitrogen and oxygen atoms in total. The van der Waals surface area contributed by atoms with Crippen molar-refractivity contribution in [3.05, 3.63) is 29.8 Å². The lowest BCUT2D eigenvalue weighted by Gasteiger charge is -2.36. The number of benzene rings is 1. The van der Waals surface area contributed by atoms with Crippen LogP contribution in [0.4, 0.5) is 0 Å². The molecule has 0 unspecified atom stereocenters. The monoisotopic (exact) mass is 417 g/mol. The number of amides is 2. The maximum atomic E-state index is 12.6. The fourth-order valence-electron chi connectivity index (χ4n) is 3.02. The molecule has 0 radical (unpaired) electrons. The van der Waals surface area contributed by atoms with Gasteiger partial charge in [0.05, 0.1) is 10.9 Å². The molecule has 1 aliphatic heterocycles. The molecule has 27 heavy (non-hydrogen) atoms. The third-order valence-corrected chi connectivity index (χ3v) is 5.54. The maximum absolute atomic E-state index is 12.6. The molecule has 9 heteroatoms. The minimum Gasteiger partial charge on any atom is -0.338 e. The number of carbonyl (C=O) groups is 2. The van der Waals surface area contributed by atoms with Crippen LogP contribution in [0.2, 0.25) is 0 Å². The van der Waals surface area contributed by atoms with Crippen LogP contribution >= 0.6 is 12.4 Å². The fraction of sp³-hybridized carbons (Fsp3) is 0.556. The van der Waals surface area contributed by atoms with Crippen LogP contribution < -0.4 is 5.73 Å². The second kappa shape index (κ2) is 9.52. The zero-order valence-electron chi connectivity index (χ0n) is 15.9. The van der Waals surface area contributed by atoms with Crippen LogP contribution in [0.5, 0.6) is 0 Å². The third-order valence-electron chi connectivity index (χ3n) is 4.43. The Bertz CT molecular complexity index is 775. The Hall–Kier alpha value is -1.64. The molecular weight excluding hydrogens is 390 g/mol. The van der Waals surface area contributed by atoms with Gasteiger partial charge in [-0.1, -0.05) is 19.9 Å². The Morgan fingerprint density at radius 2 is 1.67 bits per heavy atom. The van der Waals surface area contributed by atoms with Crippen LogP contribution in [0.15, 0.2) is 29.2 Å². The summed E-state index contributed by atoms with van der Waals surface area (Å²) in [6.45, 7) is 5.72. The summed E-state index contributed by atoms with van der Waals surface area (Å²) in [7, 11) is -3.37. The molecule has 1 aromatic carbocycles. The van der Waals surface area contributed by atoms with Crippen LogP contribution in [0, 0.1) is 5.92 Å². The van der Waals surface area contributed by atoms with Gasteiger partial charge in [-0.2, -0.15) is 0 Å². The summed E-state index contributed by atoms with van der Waals surface area (Å²) in [5.74, 6) is 0.0397. The van der Waals surface area contributed by atoms with Gasteiger partial charge in [0.25, 0.3) is 5.91 Å². The first-order chi connectivity index (χ1) is 12.1. The number of nitrogens with two attached hydrogens (primary N) is 1. The van der Waals surface area contributed by atoms with Gasteiger partial charge >= 0.3 is 0 Å². The van der Waals surface area contributed by atoms with E-state index < -0.39 is 15.9 Å². The third kappa shape index (κ3) is 6.19. The molecule has 1 saturated heterocycles. The van der Waals surface area contributed by atoms with E-state index in [9.17, 15) is 18.0 Å². The van der Waals surface area contributed by atoms with Crippen LogP contribution in [-0.4, -0.2) is 68.5 Å². The van der Waals surface area contributed by atoms with E-state index in [1.807, 2.05) is 13.8 Å². The molecule has 1 heterocycles. The number of halogens is 1. The average molecular weight is 418 g/mol. The number of rotatable bonds is 5. The molecule has 2 rings (SSSR count). The standard InChI is InChI=1S/C18H27N3O4S.ClH/c1-13(2)11-16(19)18(23)21-9-7-20(8-10-21)17(22)14-5-4-6-15(12-14)26(3,24)25;/h4-6,12-13,16H,7-11,19H2,1-3H3;1H/t16-;/m0./s1. The summed E-state index contributed by atoms with van der Waals surface area (Å²) < 4.78 is 23.3. The van der Waals surface area contributed by atoms with Crippen LogP contribution in [0.1, 0.15) is 30.6 Å². The first kappa shape index (κ1) is 23.4. The highest BCUT2D eigenvalue weighted by atomic mass is 35.5. The first-order valence-electron chi connectivity index (χ1n) is 8.73. The van der Waals surface area contributed by atoms with E-state index in [0.29, 0.717) is 44.1 Å². The smallest absolute Gasteiger partial charge is 0.254 e. The van der Waals surface area contributed by atoms with Crippen LogP contribution in [0.25, 0.3) is 0 Å². The van der Waals surface area contributed by atoms with E-state index in [1.54, 1.807) is 21.9 Å². The maximum Gasteiger partial charge on any atom is 0.254 e. The Morgan fingerprint density at radius 3 is 2.19 bits per heavy atom. The second-order valence-corrected chi connectivity index (χ2v) is 9.17. The van der Waals surface area contributed by atoms with Gasteiger partial charge in [-0.05, 0) is 30.5 Å². The number of nitrogens with zero attached hydrogens (tertiary/aromatic N) is 2. The van der Waals surface area contributed by atoms with Gasteiger partial charge in [-0.25, -0.2) is 8.42 Å². The van der Waals surface area contributed by atoms with Crippen molar-refractivity contribution in [2.75, 3.05) is 32.4 Å². The molecule has 152 valence electrons. The van der Waals surface area contributed by atoms with Gasteiger partial charge < -0.3 is 15.5 Å². The summed E-state index contributed by atoms with van der Waals surface area (Å²) in [6.07, 6.45) is 1.75. The van der Waals surface area contributed by atoms with Crippen molar-refractivity contribution >= 4 is 34.1 Å². The second-order valence-electron chi connectivity index (χ2n) is 7.15. The van der Waals surface area contributed by atoms with E-state index >= 15 is 0 Å². The molecule has 0 bridgehead atoms. The summed E-state index contributed by atoms with van der Waals surface area (Å²) in [4.78, 5) is 28.5. The summed E-state index contributed by atoms with van der Waals surface area (Å²) in [5, 5.41) is 0. The lowest BCUT2D eigenvalue weighted by Crippen LogP contribution is -2.54. The van der Waals surface area contributed by atoms with Crippen molar-refractivity contribution in [2.24, 2.45) is 11.7 Å². The molecular formula is C18H28ClN3O4S. The minimum atomic E-state index is -3.37. The molecule has 0 saturated carbocycles.